The predicted octanol–water partition coefficient (Wildman–Crippen LogP) is 7.29. The molecule has 3 N–H and O–H groups in total. The Balaban J connectivity index is 0.000000617. The van der Waals surface area contributed by atoms with Crippen LogP contribution in [0.1, 0.15) is 71.9 Å². The van der Waals surface area contributed by atoms with Crippen LogP contribution < -0.4 is 5.32 Å². The van der Waals surface area contributed by atoms with Gasteiger partial charge in [-0.1, -0.05) is 15.9 Å². The molecule has 0 amide bonds. The molecule has 204 valence electrons. The van der Waals surface area contributed by atoms with Gasteiger partial charge in [0.15, 0.2) is 5.79 Å². The number of aromatic nitrogens is 4. The number of aliphatic hydroxyl groups is 2. The number of hydrogen-bond acceptors (Lipinski definition) is 6. The number of anilines is 1. The van der Waals surface area contributed by atoms with Gasteiger partial charge in [0.05, 0.1) is 5.52 Å². The third-order valence-corrected chi connectivity index (χ3v) is 7.44. The Morgan fingerprint density at radius 3 is 2.50 bits per heavy atom. The van der Waals surface area contributed by atoms with Crippen LogP contribution in [0.4, 0.5) is 5.82 Å². The summed E-state index contributed by atoms with van der Waals surface area (Å²) in [6.07, 6.45) is 9.76. The molecule has 0 spiro atoms. The summed E-state index contributed by atoms with van der Waals surface area (Å²) >= 11 is 9.85. The summed E-state index contributed by atoms with van der Waals surface area (Å²) in [6.45, 7) is 9.05. The molecule has 1 aromatic carbocycles. The molecule has 2 unspecified atom stereocenters. The van der Waals surface area contributed by atoms with E-state index in [-0.39, 0.29) is 5.54 Å². The normalized spacial score (nSPS) is 18.0. The van der Waals surface area contributed by atoms with Gasteiger partial charge in [-0.25, -0.2) is 9.97 Å². The first-order valence-electron chi connectivity index (χ1n) is 13.1. The first kappa shape index (κ1) is 28.7. The molecule has 7 nitrogen and oxygen atoms in total. The first-order valence-corrected chi connectivity index (χ1v) is 14.2. The van der Waals surface area contributed by atoms with Crippen molar-refractivity contribution in [2.45, 2.75) is 84.1 Å². The maximum Gasteiger partial charge on any atom is 0.224 e. The molecule has 2 atom stereocenters. The van der Waals surface area contributed by atoms with Crippen LogP contribution >= 0.6 is 27.5 Å². The Hall–Kier alpha value is -2.26. The Kier molecular flexibility index (Phi) is 8.67. The minimum absolute atomic E-state index is 0.0136. The lowest BCUT2D eigenvalue weighted by Crippen LogP contribution is -2.26. The number of rotatable bonds is 5. The number of halogens is 2. The van der Waals surface area contributed by atoms with Crippen molar-refractivity contribution in [2.24, 2.45) is 5.92 Å². The van der Waals surface area contributed by atoms with Gasteiger partial charge in [-0.05, 0) is 120 Å². The van der Waals surface area contributed by atoms with Crippen LogP contribution in [0.25, 0.3) is 21.9 Å². The van der Waals surface area contributed by atoms with E-state index in [1.807, 2.05) is 0 Å². The molecular weight excluding hydrogens is 566 g/mol. The van der Waals surface area contributed by atoms with Crippen LogP contribution in [0.2, 0.25) is 5.28 Å². The predicted molar refractivity (Wildman–Crippen MR) is 159 cm³/mol. The van der Waals surface area contributed by atoms with Crippen molar-refractivity contribution in [3.05, 3.63) is 58.0 Å². The average molecular weight is 603 g/mol. The maximum atomic E-state index is 8.08. The molecular formula is C29H37BrClN5O2. The molecule has 5 rings (SSSR count). The van der Waals surface area contributed by atoms with E-state index in [0.717, 1.165) is 34.2 Å². The van der Waals surface area contributed by atoms with Crippen molar-refractivity contribution in [3.63, 3.8) is 0 Å². The van der Waals surface area contributed by atoms with Crippen molar-refractivity contribution >= 4 is 55.3 Å². The second kappa shape index (κ2) is 11.5. The standard InChI is InChI=1S/C26H29BrClN5.C3H8O2/c1-26(2,3)32-23-9-7-18-13-21(27)17(14-22(18)30-23)6-4-16-5-8-20(12-16)33-11-10-19-15-29-25(28)31-24(19)33;1-3(2,4)5/h7,9-11,13-16,20H,4-6,8,12H2,1-3H3,(H,30,32);4-5H,1-2H3. The Morgan fingerprint density at radius 1 is 1.05 bits per heavy atom. The van der Waals surface area contributed by atoms with Crippen LogP contribution in [-0.2, 0) is 6.42 Å². The van der Waals surface area contributed by atoms with Crippen molar-refractivity contribution in [1.29, 1.82) is 0 Å². The average Bonchev–Trinajstić information content (AvgIpc) is 3.42. The molecule has 0 bridgehead atoms. The third-order valence-electron chi connectivity index (χ3n) is 6.52. The highest BCUT2D eigenvalue weighted by Crippen LogP contribution is 2.39. The number of nitrogens with zero attached hydrogens (tertiary/aromatic N) is 4. The lowest BCUT2D eigenvalue weighted by Gasteiger charge is -2.21. The molecule has 3 aromatic heterocycles. The Labute approximate surface area is 237 Å². The maximum absolute atomic E-state index is 8.08. The number of fused-ring (bicyclic) bond motifs is 2. The van der Waals surface area contributed by atoms with Crippen molar-refractivity contribution < 1.29 is 10.2 Å². The van der Waals surface area contributed by atoms with Crippen LogP contribution in [0.5, 0.6) is 0 Å². The van der Waals surface area contributed by atoms with E-state index in [1.54, 1.807) is 6.20 Å². The molecule has 1 saturated carbocycles. The molecule has 38 heavy (non-hydrogen) atoms. The molecule has 3 heterocycles. The lowest BCUT2D eigenvalue weighted by atomic mass is 9.97. The molecule has 1 fully saturated rings. The topological polar surface area (TPSA) is 96.1 Å². The van der Waals surface area contributed by atoms with Gasteiger partial charge in [-0.15, -0.1) is 0 Å². The number of nitrogens with one attached hydrogen (secondary N) is 1. The molecule has 0 radical (unpaired) electrons. The smallest absolute Gasteiger partial charge is 0.224 e. The fraction of sp³-hybridized carbons (Fsp3) is 0.483. The molecule has 9 heteroatoms. The number of pyridine rings is 1. The second-order valence-corrected chi connectivity index (χ2v) is 12.9. The highest BCUT2D eigenvalue weighted by Gasteiger charge is 2.27. The van der Waals surface area contributed by atoms with Crippen LogP contribution in [-0.4, -0.2) is 41.1 Å². The zero-order valence-electron chi connectivity index (χ0n) is 22.7. The zero-order chi connectivity index (χ0) is 27.7. The largest absolute Gasteiger partial charge is 0.366 e. The summed E-state index contributed by atoms with van der Waals surface area (Å²) in [7, 11) is 0. The Morgan fingerprint density at radius 2 is 1.79 bits per heavy atom. The molecule has 0 saturated heterocycles. The second-order valence-electron chi connectivity index (χ2n) is 11.7. The summed E-state index contributed by atoms with van der Waals surface area (Å²) < 4.78 is 3.47. The van der Waals surface area contributed by atoms with Gasteiger partial charge < -0.3 is 20.1 Å². The lowest BCUT2D eigenvalue weighted by molar-refractivity contribution is -0.127. The van der Waals surface area contributed by atoms with E-state index in [0.29, 0.717) is 17.2 Å². The van der Waals surface area contributed by atoms with E-state index >= 15 is 0 Å². The summed E-state index contributed by atoms with van der Waals surface area (Å²) in [6, 6.07) is 11.2. The number of benzene rings is 1. The third kappa shape index (κ3) is 7.88. The van der Waals surface area contributed by atoms with Gasteiger partial charge in [-0.2, -0.15) is 4.98 Å². The van der Waals surface area contributed by atoms with Gasteiger partial charge in [0.25, 0.3) is 0 Å². The van der Waals surface area contributed by atoms with E-state index in [4.69, 9.17) is 26.8 Å². The van der Waals surface area contributed by atoms with Crippen molar-refractivity contribution in [3.8, 4) is 0 Å². The van der Waals surface area contributed by atoms with Crippen LogP contribution in [0.15, 0.2) is 47.2 Å². The molecule has 1 aliphatic rings. The van der Waals surface area contributed by atoms with E-state index in [9.17, 15) is 0 Å². The van der Waals surface area contributed by atoms with Gasteiger partial charge in [0.1, 0.15) is 11.5 Å². The van der Waals surface area contributed by atoms with Gasteiger partial charge in [0, 0.05) is 39.2 Å². The molecule has 4 aromatic rings. The summed E-state index contributed by atoms with van der Waals surface area (Å²) in [5, 5.41) is 22.2. The van der Waals surface area contributed by atoms with Crippen LogP contribution in [0, 0.1) is 5.92 Å². The van der Waals surface area contributed by atoms with Gasteiger partial charge >= 0.3 is 0 Å². The van der Waals surface area contributed by atoms with Gasteiger partial charge in [-0.3, -0.25) is 0 Å². The summed E-state index contributed by atoms with van der Waals surface area (Å²) in [5.41, 5.74) is 3.31. The van der Waals surface area contributed by atoms with E-state index < -0.39 is 5.79 Å². The number of hydrogen-bond donors (Lipinski definition) is 3. The summed E-state index contributed by atoms with van der Waals surface area (Å²) in [5.74, 6) is 0.124. The highest BCUT2D eigenvalue weighted by molar-refractivity contribution is 9.10. The number of aryl methyl sites for hydroxylation is 1. The minimum Gasteiger partial charge on any atom is -0.366 e. The minimum atomic E-state index is -1.50. The van der Waals surface area contributed by atoms with E-state index in [2.05, 4.69) is 93.1 Å². The van der Waals surface area contributed by atoms with Crippen molar-refractivity contribution in [1.82, 2.24) is 19.5 Å². The Bertz CT molecular complexity index is 1400. The van der Waals surface area contributed by atoms with Gasteiger partial charge in [0.2, 0.25) is 5.28 Å². The zero-order valence-corrected chi connectivity index (χ0v) is 25.0. The summed E-state index contributed by atoms with van der Waals surface area (Å²) in [4.78, 5) is 13.4. The first-order chi connectivity index (χ1) is 17.7. The highest BCUT2D eigenvalue weighted by atomic mass is 79.9. The van der Waals surface area contributed by atoms with Crippen LogP contribution in [0.3, 0.4) is 0 Å². The van der Waals surface area contributed by atoms with Crippen molar-refractivity contribution in [2.75, 3.05) is 5.32 Å². The monoisotopic (exact) mass is 601 g/mol. The molecule has 0 aliphatic heterocycles. The SMILES string of the molecule is CC(C)(C)Nc1ccc2cc(Br)c(CCC3CCC(n4ccc5cnc(Cl)nc54)C3)cc2n1.CC(C)(O)O. The quantitative estimate of drug-likeness (QED) is 0.164. The van der Waals surface area contributed by atoms with E-state index in [1.165, 1.54) is 49.6 Å². The fourth-order valence-corrected chi connectivity index (χ4v) is 5.65. The fourth-order valence-electron chi connectivity index (χ4n) is 4.97. The molecule has 1 aliphatic carbocycles.